The van der Waals surface area contributed by atoms with E-state index < -0.39 is 5.91 Å². The molecule has 3 N–H and O–H groups in total. The predicted molar refractivity (Wildman–Crippen MR) is 132 cm³/mol. The quantitative estimate of drug-likeness (QED) is 0.338. The Morgan fingerprint density at radius 2 is 2.00 bits per heavy atom. The van der Waals surface area contributed by atoms with E-state index in [1.54, 1.807) is 17.1 Å². The molecule has 0 saturated heterocycles. The van der Waals surface area contributed by atoms with Crippen LogP contribution in [0.3, 0.4) is 0 Å². The molecule has 1 amide bonds. The highest BCUT2D eigenvalue weighted by atomic mass is 16.4. The summed E-state index contributed by atoms with van der Waals surface area (Å²) in [7, 11) is 1.82. The van der Waals surface area contributed by atoms with Crippen molar-refractivity contribution in [2.24, 2.45) is 7.05 Å². The average molecular weight is 471 g/mol. The molecule has 0 atom stereocenters. The standard InChI is InChI=1S/C25H26N8O2/c1-13-8-17(22-18(9-13)15(3)16(4)29-22)11-26-23(34)24-30-19(12-35-24)21-14(2)10-27-25(32-21)31-20-6-7-28-33(20)5/h6-10,12,29H,11H2,1-5H3,(H,26,34)(H,27,31,32). The van der Waals surface area contributed by atoms with E-state index >= 15 is 0 Å². The lowest BCUT2D eigenvalue weighted by molar-refractivity contribution is 0.0916. The molecule has 178 valence electrons. The number of hydrogen-bond donors (Lipinski definition) is 3. The van der Waals surface area contributed by atoms with Crippen molar-refractivity contribution in [3.63, 3.8) is 0 Å². The SMILES string of the molecule is Cc1cc(CNC(=O)c2nc(-c3nc(Nc4ccnn4C)ncc3C)co2)c2[nH]c(C)c(C)c2c1. The van der Waals surface area contributed by atoms with Crippen molar-refractivity contribution >= 4 is 28.6 Å². The molecule has 4 heterocycles. The van der Waals surface area contributed by atoms with Crippen LogP contribution >= 0.6 is 0 Å². The van der Waals surface area contributed by atoms with Crippen molar-refractivity contribution < 1.29 is 9.21 Å². The first-order chi connectivity index (χ1) is 16.8. The van der Waals surface area contributed by atoms with Crippen LogP contribution in [0.1, 0.15) is 38.6 Å². The summed E-state index contributed by atoms with van der Waals surface area (Å²) in [5, 5.41) is 11.3. The van der Waals surface area contributed by atoms with E-state index in [-0.39, 0.29) is 5.89 Å². The molecule has 0 saturated carbocycles. The zero-order chi connectivity index (χ0) is 24.7. The maximum absolute atomic E-state index is 12.8. The van der Waals surface area contributed by atoms with Crippen LogP contribution in [0.4, 0.5) is 11.8 Å². The Labute approximate surface area is 201 Å². The lowest BCUT2D eigenvalue weighted by Gasteiger charge is -2.07. The van der Waals surface area contributed by atoms with Gasteiger partial charge in [0.2, 0.25) is 5.95 Å². The molecular formula is C25H26N8O2. The van der Waals surface area contributed by atoms with Gasteiger partial charge in [0, 0.05) is 36.9 Å². The van der Waals surface area contributed by atoms with Gasteiger partial charge >= 0.3 is 5.91 Å². The molecule has 0 spiro atoms. The lowest BCUT2D eigenvalue weighted by Crippen LogP contribution is -2.23. The lowest BCUT2D eigenvalue weighted by atomic mass is 10.0. The van der Waals surface area contributed by atoms with Crippen molar-refractivity contribution in [1.29, 1.82) is 0 Å². The maximum atomic E-state index is 12.8. The second-order valence-corrected chi connectivity index (χ2v) is 8.63. The molecule has 0 fully saturated rings. The molecule has 1 aromatic carbocycles. The van der Waals surface area contributed by atoms with Crippen LogP contribution in [0.15, 0.2) is 41.3 Å². The van der Waals surface area contributed by atoms with Gasteiger partial charge in [-0.2, -0.15) is 5.10 Å². The van der Waals surface area contributed by atoms with Gasteiger partial charge in [0.1, 0.15) is 23.5 Å². The molecule has 5 rings (SSSR count). The van der Waals surface area contributed by atoms with Gasteiger partial charge in [-0.15, -0.1) is 0 Å². The van der Waals surface area contributed by atoms with Gasteiger partial charge in [0.15, 0.2) is 0 Å². The molecule has 0 aliphatic heterocycles. The van der Waals surface area contributed by atoms with Crippen LogP contribution in [-0.2, 0) is 13.6 Å². The Hall–Kier alpha value is -4.47. The van der Waals surface area contributed by atoms with E-state index in [4.69, 9.17) is 4.42 Å². The van der Waals surface area contributed by atoms with E-state index in [0.717, 1.165) is 33.7 Å². The summed E-state index contributed by atoms with van der Waals surface area (Å²) in [6, 6.07) is 6.04. The van der Waals surface area contributed by atoms with Crippen LogP contribution < -0.4 is 10.6 Å². The molecule has 0 aliphatic rings. The monoisotopic (exact) mass is 470 g/mol. The largest absolute Gasteiger partial charge is 0.440 e. The average Bonchev–Trinajstić information content (AvgIpc) is 3.55. The smallest absolute Gasteiger partial charge is 0.307 e. The van der Waals surface area contributed by atoms with Crippen LogP contribution in [-0.4, -0.2) is 35.6 Å². The number of aryl methyl sites for hydroxylation is 5. The molecule has 10 nitrogen and oxygen atoms in total. The Bertz CT molecular complexity index is 1560. The normalized spacial score (nSPS) is 11.2. The number of aromatic nitrogens is 6. The van der Waals surface area contributed by atoms with Gasteiger partial charge < -0.3 is 20.0 Å². The van der Waals surface area contributed by atoms with Crippen LogP contribution in [0, 0.1) is 27.7 Å². The van der Waals surface area contributed by atoms with Crippen molar-refractivity contribution in [2.45, 2.75) is 34.2 Å². The van der Waals surface area contributed by atoms with Crippen molar-refractivity contribution in [3.05, 3.63) is 70.7 Å². The topological polar surface area (TPSA) is 127 Å². The van der Waals surface area contributed by atoms with E-state index in [9.17, 15) is 4.79 Å². The molecule has 0 bridgehead atoms. The molecule has 0 radical (unpaired) electrons. The van der Waals surface area contributed by atoms with Gasteiger partial charge in [0.05, 0.1) is 11.7 Å². The first kappa shape index (κ1) is 22.3. The number of oxazole rings is 1. The summed E-state index contributed by atoms with van der Waals surface area (Å²) in [6.45, 7) is 8.42. The fraction of sp³-hybridized carbons (Fsp3) is 0.240. The highest BCUT2D eigenvalue weighted by molar-refractivity contribution is 5.91. The third kappa shape index (κ3) is 4.25. The summed E-state index contributed by atoms with van der Waals surface area (Å²) in [5.41, 5.74) is 7.34. The number of amides is 1. The summed E-state index contributed by atoms with van der Waals surface area (Å²) in [6.07, 6.45) is 4.80. The zero-order valence-corrected chi connectivity index (χ0v) is 20.2. The second kappa shape index (κ2) is 8.71. The Balaban J connectivity index is 1.34. The number of carbonyl (C=O) groups excluding carboxylic acids is 1. The molecule has 10 heteroatoms. The minimum absolute atomic E-state index is 0.0260. The van der Waals surface area contributed by atoms with E-state index in [2.05, 4.69) is 54.7 Å². The fourth-order valence-corrected chi connectivity index (χ4v) is 4.04. The highest BCUT2D eigenvalue weighted by Gasteiger charge is 2.18. The van der Waals surface area contributed by atoms with Gasteiger partial charge in [-0.1, -0.05) is 11.6 Å². The summed E-state index contributed by atoms with van der Waals surface area (Å²) < 4.78 is 7.18. The Morgan fingerprint density at radius 3 is 2.77 bits per heavy atom. The number of anilines is 2. The van der Waals surface area contributed by atoms with Crippen molar-refractivity contribution in [3.8, 4) is 11.4 Å². The van der Waals surface area contributed by atoms with Gasteiger partial charge in [-0.3, -0.25) is 9.48 Å². The van der Waals surface area contributed by atoms with Gasteiger partial charge in [-0.05, 0) is 50.5 Å². The number of fused-ring (bicyclic) bond motifs is 1. The fourth-order valence-electron chi connectivity index (χ4n) is 4.04. The number of benzene rings is 1. The van der Waals surface area contributed by atoms with Crippen LogP contribution in [0.5, 0.6) is 0 Å². The number of hydrogen-bond acceptors (Lipinski definition) is 7. The van der Waals surface area contributed by atoms with Gasteiger partial charge in [0.25, 0.3) is 5.89 Å². The minimum atomic E-state index is -0.397. The first-order valence-electron chi connectivity index (χ1n) is 11.2. The number of aromatic amines is 1. The highest BCUT2D eigenvalue weighted by Crippen LogP contribution is 2.26. The Kier molecular flexibility index (Phi) is 5.56. The predicted octanol–water partition coefficient (Wildman–Crippen LogP) is 4.25. The Morgan fingerprint density at radius 1 is 1.17 bits per heavy atom. The third-order valence-corrected chi connectivity index (χ3v) is 6.06. The summed E-state index contributed by atoms with van der Waals surface area (Å²) in [4.78, 5) is 29.5. The van der Waals surface area contributed by atoms with Crippen molar-refractivity contribution in [2.75, 3.05) is 5.32 Å². The molecule has 35 heavy (non-hydrogen) atoms. The number of H-pyrrole nitrogens is 1. The van der Waals surface area contributed by atoms with Crippen LogP contribution in [0.2, 0.25) is 0 Å². The van der Waals surface area contributed by atoms with Crippen LogP contribution in [0.25, 0.3) is 22.3 Å². The third-order valence-electron chi connectivity index (χ3n) is 6.06. The van der Waals surface area contributed by atoms with E-state index in [0.29, 0.717) is 23.9 Å². The number of nitrogens with zero attached hydrogens (tertiary/aromatic N) is 5. The number of rotatable bonds is 6. The second-order valence-electron chi connectivity index (χ2n) is 8.63. The number of nitrogens with one attached hydrogen (secondary N) is 3. The molecule has 0 aliphatic carbocycles. The zero-order valence-electron chi connectivity index (χ0n) is 20.2. The van der Waals surface area contributed by atoms with E-state index in [1.165, 1.54) is 17.2 Å². The van der Waals surface area contributed by atoms with E-state index in [1.807, 2.05) is 33.9 Å². The molecule has 4 aromatic heterocycles. The summed E-state index contributed by atoms with van der Waals surface area (Å²) in [5.74, 6) is 0.716. The minimum Gasteiger partial charge on any atom is -0.440 e. The van der Waals surface area contributed by atoms with Gasteiger partial charge in [-0.25, -0.2) is 15.0 Å². The summed E-state index contributed by atoms with van der Waals surface area (Å²) >= 11 is 0. The molecular weight excluding hydrogens is 444 g/mol. The first-order valence-corrected chi connectivity index (χ1v) is 11.2. The number of carbonyl (C=O) groups is 1. The van der Waals surface area contributed by atoms with Crippen molar-refractivity contribution in [1.82, 2.24) is 35.0 Å². The molecule has 5 aromatic rings. The molecule has 0 unspecified atom stereocenters. The maximum Gasteiger partial charge on any atom is 0.307 e.